The lowest BCUT2D eigenvalue weighted by molar-refractivity contribution is -0.121. The van der Waals surface area contributed by atoms with Crippen LogP contribution >= 0.6 is 11.3 Å². The molecule has 0 bridgehead atoms. The van der Waals surface area contributed by atoms with E-state index in [2.05, 4.69) is 10.2 Å². The van der Waals surface area contributed by atoms with Crippen LogP contribution in [-0.4, -0.2) is 73.6 Å². The van der Waals surface area contributed by atoms with E-state index < -0.39 is 6.10 Å². The van der Waals surface area contributed by atoms with Gasteiger partial charge in [-0.25, -0.2) is 0 Å². The molecule has 1 aromatic heterocycles. The lowest BCUT2D eigenvalue weighted by atomic mass is 10.1. The van der Waals surface area contributed by atoms with Crippen molar-refractivity contribution in [1.82, 2.24) is 10.2 Å². The SMILES string of the molecule is COC[C@H]1CCCN1C[C@@H]1OC[C@H](NC(=O)Cc2cccs2)[C@H]1O. The number of aliphatic hydroxyl groups is 1. The number of hydrogen-bond donors (Lipinski definition) is 2. The summed E-state index contributed by atoms with van der Waals surface area (Å²) in [6.07, 6.45) is 1.71. The Balaban J connectivity index is 1.47. The van der Waals surface area contributed by atoms with E-state index in [0.29, 0.717) is 32.2 Å². The van der Waals surface area contributed by atoms with Gasteiger partial charge in [0, 0.05) is 24.6 Å². The van der Waals surface area contributed by atoms with E-state index in [1.54, 1.807) is 18.4 Å². The molecule has 1 aromatic rings. The fraction of sp³-hybridized carbons (Fsp3) is 0.706. The monoisotopic (exact) mass is 354 g/mol. The highest BCUT2D eigenvalue weighted by Crippen LogP contribution is 2.22. The molecule has 2 aliphatic rings. The number of methoxy groups -OCH3 is 1. The van der Waals surface area contributed by atoms with Crippen LogP contribution in [0.5, 0.6) is 0 Å². The first-order chi connectivity index (χ1) is 11.7. The van der Waals surface area contributed by atoms with Crippen molar-refractivity contribution >= 4 is 17.2 Å². The normalized spacial score (nSPS) is 30.8. The third-order valence-corrected chi connectivity index (χ3v) is 5.69. The first kappa shape index (κ1) is 17.8. The number of thiophene rings is 1. The summed E-state index contributed by atoms with van der Waals surface area (Å²) in [5.41, 5.74) is 0. The summed E-state index contributed by atoms with van der Waals surface area (Å²) in [4.78, 5) is 15.5. The third-order valence-electron chi connectivity index (χ3n) is 4.82. The summed E-state index contributed by atoms with van der Waals surface area (Å²) in [6, 6.07) is 3.95. The van der Waals surface area contributed by atoms with Crippen molar-refractivity contribution in [3.8, 4) is 0 Å². The number of nitrogens with zero attached hydrogens (tertiary/aromatic N) is 1. The number of carbonyl (C=O) groups is 1. The number of ether oxygens (including phenoxy) is 2. The summed E-state index contributed by atoms with van der Waals surface area (Å²) >= 11 is 1.56. The fourth-order valence-corrected chi connectivity index (χ4v) is 4.25. The second-order valence-electron chi connectivity index (χ2n) is 6.54. The van der Waals surface area contributed by atoms with Crippen molar-refractivity contribution in [2.45, 2.75) is 43.6 Å². The molecule has 0 saturated carbocycles. The molecule has 7 heteroatoms. The van der Waals surface area contributed by atoms with Crippen molar-refractivity contribution in [2.75, 3.05) is 33.4 Å². The van der Waals surface area contributed by atoms with Crippen molar-refractivity contribution in [2.24, 2.45) is 0 Å². The first-order valence-corrected chi connectivity index (χ1v) is 9.39. The van der Waals surface area contributed by atoms with Gasteiger partial charge in [0.25, 0.3) is 0 Å². The minimum Gasteiger partial charge on any atom is -0.388 e. The maximum Gasteiger partial charge on any atom is 0.225 e. The van der Waals surface area contributed by atoms with E-state index >= 15 is 0 Å². The van der Waals surface area contributed by atoms with Crippen LogP contribution in [0.25, 0.3) is 0 Å². The molecular weight excluding hydrogens is 328 g/mol. The number of amides is 1. The highest BCUT2D eigenvalue weighted by atomic mass is 32.1. The van der Waals surface area contributed by atoms with Gasteiger partial charge in [0.1, 0.15) is 6.10 Å². The number of rotatable bonds is 7. The second kappa shape index (κ2) is 8.40. The Kier molecular flexibility index (Phi) is 6.24. The molecule has 0 aromatic carbocycles. The standard InChI is InChI=1S/C17H26N2O4S/c1-22-10-12-4-2-6-19(12)9-15-17(21)14(11-23-15)18-16(20)8-13-5-3-7-24-13/h3,5,7,12,14-15,17,21H,2,4,6,8-11H2,1H3,(H,18,20)/t12-,14+,15+,17-/m1/s1. The maximum atomic E-state index is 12.1. The van der Waals surface area contributed by atoms with Crippen LogP contribution in [-0.2, 0) is 20.7 Å². The van der Waals surface area contributed by atoms with Crippen LogP contribution in [0.4, 0.5) is 0 Å². The maximum absolute atomic E-state index is 12.1. The minimum atomic E-state index is -0.666. The van der Waals surface area contributed by atoms with Gasteiger partial charge in [-0.15, -0.1) is 11.3 Å². The van der Waals surface area contributed by atoms with E-state index in [1.807, 2.05) is 17.5 Å². The minimum absolute atomic E-state index is 0.0656. The van der Waals surface area contributed by atoms with Gasteiger partial charge in [-0.3, -0.25) is 9.69 Å². The van der Waals surface area contributed by atoms with Crippen molar-refractivity contribution < 1.29 is 19.4 Å². The van der Waals surface area contributed by atoms with E-state index in [1.165, 1.54) is 0 Å². The molecule has 134 valence electrons. The molecule has 0 aliphatic carbocycles. The van der Waals surface area contributed by atoms with Crippen LogP contribution in [0, 0.1) is 0 Å². The Morgan fingerprint density at radius 2 is 2.46 bits per heavy atom. The molecule has 2 fully saturated rings. The molecule has 1 amide bonds. The molecule has 3 rings (SSSR count). The fourth-order valence-electron chi connectivity index (χ4n) is 3.55. The Labute approximate surface area is 146 Å². The van der Waals surface area contributed by atoms with Crippen LogP contribution in [0.15, 0.2) is 17.5 Å². The van der Waals surface area contributed by atoms with E-state index in [4.69, 9.17) is 9.47 Å². The van der Waals surface area contributed by atoms with Gasteiger partial charge in [0.15, 0.2) is 0 Å². The number of carbonyl (C=O) groups excluding carboxylic acids is 1. The molecule has 0 radical (unpaired) electrons. The molecule has 24 heavy (non-hydrogen) atoms. The van der Waals surface area contributed by atoms with Crippen molar-refractivity contribution in [1.29, 1.82) is 0 Å². The number of hydrogen-bond acceptors (Lipinski definition) is 6. The van der Waals surface area contributed by atoms with Gasteiger partial charge in [0.2, 0.25) is 5.91 Å². The van der Waals surface area contributed by atoms with E-state index in [9.17, 15) is 9.90 Å². The van der Waals surface area contributed by atoms with Crippen molar-refractivity contribution in [3.05, 3.63) is 22.4 Å². The Hall–Kier alpha value is -0.990. The second-order valence-corrected chi connectivity index (χ2v) is 7.57. The summed E-state index contributed by atoms with van der Waals surface area (Å²) in [7, 11) is 1.72. The van der Waals surface area contributed by atoms with Crippen molar-refractivity contribution in [3.63, 3.8) is 0 Å². The molecule has 2 aliphatic heterocycles. The Bertz CT molecular complexity index is 525. The molecule has 2 saturated heterocycles. The Morgan fingerprint density at radius 1 is 1.58 bits per heavy atom. The molecule has 6 nitrogen and oxygen atoms in total. The first-order valence-electron chi connectivity index (χ1n) is 8.51. The van der Waals surface area contributed by atoms with Gasteiger partial charge in [0.05, 0.1) is 31.8 Å². The highest BCUT2D eigenvalue weighted by Gasteiger charge is 2.39. The highest BCUT2D eigenvalue weighted by molar-refractivity contribution is 7.10. The number of nitrogens with one attached hydrogen (secondary N) is 1. The lowest BCUT2D eigenvalue weighted by Crippen LogP contribution is -2.48. The molecule has 0 unspecified atom stereocenters. The topological polar surface area (TPSA) is 71.0 Å². The summed E-state index contributed by atoms with van der Waals surface area (Å²) in [5, 5.41) is 15.4. The lowest BCUT2D eigenvalue weighted by Gasteiger charge is -2.28. The van der Waals surface area contributed by atoms with Gasteiger partial charge in [-0.1, -0.05) is 6.07 Å². The zero-order chi connectivity index (χ0) is 16.9. The molecule has 3 heterocycles. The zero-order valence-electron chi connectivity index (χ0n) is 14.0. The van der Waals surface area contributed by atoms with Crippen LogP contribution in [0.2, 0.25) is 0 Å². The average Bonchev–Trinajstić information content (AvgIpc) is 3.27. The smallest absolute Gasteiger partial charge is 0.225 e. The Morgan fingerprint density at radius 3 is 3.21 bits per heavy atom. The number of likely N-dealkylation sites (tertiary alicyclic amines) is 1. The van der Waals surface area contributed by atoms with Crippen LogP contribution in [0.1, 0.15) is 17.7 Å². The molecule has 4 atom stereocenters. The largest absolute Gasteiger partial charge is 0.388 e. The predicted octanol–water partition coefficient (Wildman–Crippen LogP) is 0.646. The van der Waals surface area contributed by atoms with Crippen LogP contribution in [0.3, 0.4) is 0 Å². The summed E-state index contributed by atoms with van der Waals surface area (Å²) in [5.74, 6) is -0.0656. The number of aliphatic hydroxyl groups excluding tert-OH is 1. The van der Waals surface area contributed by atoms with Gasteiger partial charge in [-0.2, -0.15) is 0 Å². The zero-order valence-corrected chi connectivity index (χ0v) is 14.8. The van der Waals surface area contributed by atoms with Gasteiger partial charge >= 0.3 is 0 Å². The van der Waals surface area contributed by atoms with Gasteiger partial charge in [-0.05, 0) is 30.8 Å². The van der Waals surface area contributed by atoms with E-state index in [0.717, 1.165) is 24.3 Å². The van der Waals surface area contributed by atoms with Gasteiger partial charge < -0.3 is 19.9 Å². The third kappa shape index (κ3) is 4.34. The summed E-state index contributed by atoms with van der Waals surface area (Å²) in [6.45, 7) is 2.77. The van der Waals surface area contributed by atoms with Crippen LogP contribution < -0.4 is 5.32 Å². The summed E-state index contributed by atoms with van der Waals surface area (Å²) < 4.78 is 11.0. The average molecular weight is 354 g/mol. The molecule has 0 spiro atoms. The molecular formula is C17H26N2O4S. The van der Waals surface area contributed by atoms with E-state index in [-0.39, 0.29) is 18.1 Å². The molecule has 2 N–H and O–H groups in total. The quantitative estimate of drug-likeness (QED) is 0.752. The predicted molar refractivity (Wildman–Crippen MR) is 92.2 cm³/mol.